The zero-order chi connectivity index (χ0) is 15.9. The molecule has 0 saturated carbocycles. The molecule has 0 aliphatic carbocycles. The van der Waals surface area contributed by atoms with E-state index in [0.717, 1.165) is 36.2 Å². The number of aryl methyl sites for hydroxylation is 1. The lowest BCUT2D eigenvalue weighted by Crippen LogP contribution is -2.36. The molecule has 1 fully saturated rings. The molecule has 1 aromatic carbocycles. The molecule has 118 valence electrons. The van der Waals surface area contributed by atoms with Gasteiger partial charge in [0.15, 0.2) is 0 Å². The lowest BCUT2D eigenvalue weighted by atomic mass is 10.2. The van der Waals surface area contributed by atoms with E-state index in [1.807, 2.05) is 32.9 Å². The van der Waals surface area contributed by atoms with Crippen LogP contribution in [-0.2, 0) is 4.74 Å². The van der Waals surface area contributed by atoms with Crippen molar-refractivity contribution >= 4 is 17.1 Å². The molecular formula is C17H23N3O2. The van der Waals surface area contributed by atoms with Crippen molar-refractivity contribution in [1.82, 2.24) is 14.9 Å². The Balaban J connectivity index is 1.86. The average molecular weight is 301 g/mol. The molecule has 5 heteroatoms. The number of aromatic amines is 1. The number of imidazole rings is 1. The molecule has 1 aliphatic heterocycles. The van der Waals surface area contributed by atoms with E-state index in [9.17, 15) is 4.79 Å². The molecule has 1 aliphatic rings. The van der Waals surface area contributed by atoms with E-state index in [2.05, 4.69) is 23.0 Å². The molecule has 1 aromatic heterocycles. The van der Waals surface area contributed by atoms with Crippen molar-refractivity contribution < 1.29 is 9.53 Å². The van der Waals surface area contributed by atoms with Crippen LogP contribution >= 0.6 is 0 Å². The molecular weight excluding hydrogens is 278 g/mol. The predicted molar refractivity (Wildman–Crippen MR) is 85.7 cm³/mol. The Kier molecular flexibility index (Phi) is 3.59. The number of ether oxygens (including phenoxy) is 1. The third kappa shape index (κ3) is 2.93. The fourth-order valence-electron chi connectivity index (χ4n) is 2.89. The van der Waals surface area contributed by atoms with Gasteiger partial charge in [-0.3, -0.25) is 4.90 Å². The molecule has 1 amide bonds. The summed E-state index contributed by atoms with van der Waals surface area (Å²) in [6.45, 7) is 8.44. The number of aromatic nitrogens is 2. The number of nitrogens with zero attached hydrogens (tertiary/aromatic N) is 2. The summed E-state index contributed by atoms with van der Waals surface area (Å²) < 4.78 is 5.51. The van der Waals surface area contributed by atoms with Crippen molar-refractivity contribution in [2.75, 3.05) is 6.54 Å². The first kappa shape index (κ1) is 14.9. The van der Waals surface area contributed by atoms with E-state index in [0.29, 0.717) is 0 Å². The van der Waals surface area contributed by atoms with Crippen LogP contribution in [0.1, 0.15) is 51.0 Å². The van der Waals surface area contributed by atoms with Gasteiger partial charge in [0, 0.05) is 6.54 Å². The van der Waals surface area contributed by atoms with Gasteiger partial charge < -0.3 is 9.72 Å². The van der Waals surface area contributed by atoms with Gasteiger partial charge in [-0.05, 0) is 58.2 Å². The monoisotopic (exact) mass is 301 g/mol. The van der Waals surface area contributed by atoms with E-state index in [-0.39, 0.29) is 12.1 Å². The standard InChI is InChI=1S/C17H23N3O2/c1-11-7-8-12-13(10-11)19-15(18-12)14-6-5-9-20(14)16(21)22-17(2,3)4/h7-8,10,14H,5-6,9H2,1-4H3,(H,18,19). The van der Waals surface area contributed by atoms with Crippen LogP contribution in [0.4, 0.5) is 4.79 Å². The highest BCUT2D eigenvalue weighted by Crippen LogP contribution is 2.32. The van der Waals surface area contributed by atoms with E-state index < -0.39 is 5.60 Å². The Morgan fingerprint density at radius 1 is 1.41 bits per heavy atom. The zero-order valence-electron chi connectivity index (χ0n) is 13.6. The highest BCUT2D eigenvalue weighted by atomic mass is 16.6. The first-order valence-electron chi connectivity index (χ1n) is 7.79. The van der Waals surface area contributed by atoms with E-state index in [1.54, 1.807) is 4.90 Å². The number of likely N-dealkylation sites (tertiary alicyclic amines) is 1. The number of nitrogens with one attached hydrogen (secondary N) is 1. The molecule has 1 N–H and O–H groups in total. The number of H-pyrrole nitrogens is 1. The van der Waals surface area contributed by atoms with Crippen molar-refractivity contribution in [3.05, 3.63) is 29.6 Å². The average Bonchev–Trinajstić information content (AvgIpc) is 3.01. The molecule has 1 saturated heterocycles. The fourth-order valence-corrected chi connectivity index (χ4v) is 2.89. The lowest BCUT2D eigenvalue weighted by Gasteiger charge is -2.27. The molecule has 5 nitrogen and oxygen atoms in total. The molecule has 22 heavy (non-hydrogen) atoms. The largest absolute Gasteiger partial charge is 0.444 e. The van der Waals surface area contributed by atoms with Crippen LogP contribution in [0.5, 0.6) is 0 Å². The predicted octanol–water partition coefficient (Wildman–Crippen LogP) is 3.94. The van der Waals surface area contributed by atoms with Gasteiger partial charge in [0.1, 0.15) is 11.4 Å². The Bertz CT molecular complexity index is 699. The maximum Gasteiger partial charge on any atom is 0.410 e. The smallest absolute Gasteiger partial charge is 0.410 e. The number of carbonyl (C=O) groups is 1. The molecule has 0 radical (unpaired) electrons. The van der Waals surface area contributed by atoms with Crippen molar-refractivity contribution in [3.8, 4) is 0 Å². The van der Waals surface area contributed by atoms with E-state index >= 15 is 0 Å². The number of hydrogen-bond donors (Lipinski definition) is 1. The second kappa shape index (κ2) is 5.30. The lowest BCUT2D eigenvalue weighted by molar-refractivity contribution is 0.0219. The van der Waals surface area contributed by atoms with Gasteiger partial charge >= 0.3 is 6.09 Å². The number of carbonyl (C=O) groups excluding carboxylic acids is 1. The van der Waals surface area contributed by atoms with Crippen LogP contribution in [0.25, 0.3) is 11.0 Å². The zero-order valence-corrected chi connectivity index (χ0v) is 13.6. The second-order valence-electron chi connectivity index (χ2n) is 6.97. The summed E-state index contributed by atoms with van der Waals surface area (Å²) in [5.41, 5.74) is 2.68. The van der Waals surface area contributed by atoms with Crippen molar-refractivity contribution in [2.24, 2.45) is 0 Å². The van der Waals surface area contributed by atoms with E-state index in [1.165, 1.54) is 5.56 Å². The van der Waals surface area contributed by atoms with Crippen LogP contribution in [-0.4, -0.2) is 33.1 Å². The molecule has 0 spiro atoms. The van der Waals surface area contributed by atoms with Gasteiger partial charge in [-0.1, -0.05) is 6.07 Å². The SMILES string of the molecule is Cc1ccc2nc(C3CCCN3C(=O)OC(C)(C)C)[nH]c2c1. The van der Waals surface area contributed by atoms with Crippen LogP contribution in [0, 0.1) is 6.92 Å². The van der Waals surface area contributed by atoms with Crippen LogP contribution < -0.4 is 0 Å². The summed E-state index contributed by atoms with van der Waals surface area (Å²) in [4.78, 5) is 22.2. The number of fused-ring (bicyclic) bond motifs is 1. The summed E-state index contributed by atoms with van der Waals surface area (Å²) in [5, 5.41) is 0. The minimum Gasteiger partial charge on any atom is -0.444 e. The summed E-state index contributed by atoms with van der Waals surface area (Å²) in [7, 11) is 0. The molecule has 1 unspecified atom stereocenters. The van der Waals surface area contributed by atoms with Crippen LogP contribution in [0.3, 0.4) is 0 Å². The Hall–Kier alpha value is -2.04. The first-order chi connectivity index (χ1) is 10.3. The second-order valence-corrected chi connectivity index (χ2v) is 6.97. The number of amides is 1. The van der Waals surface area contributed by atoms with Gasteiger partial charge in [0.2, 0.25) is 0 Å². The summed E-state index contributed by atoms with van der Waals surface area (Å²) in [6, 6.07) is 6.12. The van der Waals surface area contributed by atoms with Gasteiger partial charge in [-0.2, -0.15) is 0 Å². The Labute approximate surface area is 130 Å². The number of benzene rings is 1. The topological polar surface area (TPSA) is 58.2 Å². The minimum absolute atomic E-state index is 0.0254. The first-order valence-corrected chi connectivity index (χ1v) is 7.79. The number of rotatable bonds is 1. The van der Waals surface area contributed by atoms with Gasteiger partial charge in [0.25, 0.3) is 0 Å². The number of hydrogen-bond acceptors (Lipinski definition) is 3. The quantitative estimate of drug-likeness (QED) is 0.867. The summed E-state index contributed by atoms with van der Waals surface area (Å²) >= 11 is 0. The van der Waals surface area contributed by atoms with Crippen molar-refractivity contribution in [1.29, 1.82) is 0 Å². The third-order valence-electron chi connectivity index (χ3n) is 3.85. The van der Waals surface area contributed by atoms with Gasteiger partial charge in [0.05, 0.1) is 17.1 Å². The van der Waals surface area contributed by atoms with Gasteiger partial charge in [-0.25, -0.2) is 9.78 Å². The molecule has 2 heterocycles. The fraction of sp³-hybridized carbons (Fsp3) is 0.529. The van der Waals surface area contributed by atoms with Crippen LogP contribution in [0.15, 0.2) is 18.2 Å². The molecule has 3 rings (SSSR count). The van der Waals surface area contributed by atoms with Crippen molar-refractivity contribution in [3.63, 3.8) is 0 Å². The molecule has 0 bridgehead atoms. The highest BCUT2D eigenvalue weighted by molar-refractivity contribution is 5.76. The summed E-state index contributed by atoms with van der Waals surface area (Å²) in [6.07, 6.45) is 1.63. The maximum atomic E-state index is 12.4. The van der Waals surface area contributed by atoms with Gasteiger partial charge in [-0.15, -0.1) is 0 Å². The van der Waals surface area contributed by atoms with Crippen LogP contribution in [0.2, 0.25) is 0 Å². The Morgan fingerprint density at radius 2 is 2.18 bits per heavy atom. The highest BCUT2D eigenvalue weighted by Gasteiger charge is 2.34. The normalized spacial score (nSPS) is 18.9. The van der Waals surface area contributed by atoms with E-state index in [4.69, 9.17) is 4.74 Å². The third-order valence-corrected chi connectivity index (χ3v) is 3.85. The molecule has 1 atom stereocenters. The van der Waals surface area contributed by atoms with Crippen molar-refractivity contribution in [2.45, 2.75) is 52.2 Å². The molecule has 2 aromatic rings. The summed E-state index contributed by atoms with van der Waals surface area (Å²) in [5.74, 6) is 0.851. The maximum absolute atomic E-state index is 12.4. The minimum atomic E-state index is -0.477. The Morgan fingerprint density at radius 3 is 2.91 bits per heavy atom.